The van der Waals surface area contributed by atoms with Gasteiger partial charge < -0.3 is 18.8 Å². The number of esters is 1. The van der Waals surface area contributed by atoms with Crippen LogP contribution in [0.1, 0.15) is 38.2 Å². The van der Waals surface area contributed by atoms with E-state index in [2.05, 4.69) is 9.97 Å². The third-order valence-corrected chi connectivity index (χ3v) is 4.16. The molecule has 32 heavy (non-hydrogen) atoms. The van der Waals surface area contributed by atoms with Gasteiger partial charge in [-0.25, -0.2) is 4.98 Å². The lowest BCUT2D eigenvalue weighted by Crippen LogP contribution is -2.33. The van der Waals surface area contributed by atoms with E-state index in [9.17, 15) is 19.7 Å². The fraction of sp³-hybridized carbons (Fsp3) is 0.333. The maximum atomic E-state index is 12.2. The lowest BCUT2D eigenvalue weighted by molar-refractivity contribution is -0.385. The molecular weight excluding hydrogens is 420 g/mol. The van der Waals surface area contributed by atoms with E-state index in [1.54, 1.807) is 39.0 Å². The molecule has 0 spiro atoms. The summed E-state index contributed by atoms with van der Waals surface area (Å²) in [4.78, 5) is 44.1. The number of hydrogen-bond acceptors (Lipinski definition) is 10. The van der Waals surface area contributed by atoms with Crippen LogP contribution in [-0.2, 0) is 9.53 Å². The molecule has 0 aliphatic carbocycles. The number of likely N-dealkylation sites (N-methyl/N-ethyl adjacent to an activating group) is 1. The first-order valence-electron chi connectivity index (χ1n) is 9.60. The number of para-hydroxylation sites is 1. The smallest absolute Gasteiger partial charge is 0.373 e. The van der Waals surface area contributed by atoms with Gasteiger partial charge in [0.15, 0.2) is 22.9 Å². The zero-order valence-electron chi connectivity index (χ0n) is 18.2. The Balaban J connectivity index is 1.97. The summed E-state index contributed by atoms with van der Waals surface area (Å²) in [6, 6.07) is 6.46. The average molecular weight is 442 g/mol. The summed E-state index contributed by atoms with van der Waals surface area (Å²) in [7, 11) is 1.47. The summed E-state index contributed by atoms with van der Waals surface area (Å²) >= 11 is 0. The Hall–Kier alpha value is -4.02. The first-order valence-corrected chi connectivity index (χ1v) is 9.60. The van der Waals surface area contributed by atoms with Crippen LogP contribution in [0, 0.1) is 10.1 Å². The molecule has 2 heterocycles. The minimum Gasteiger partial charge on any atom is -0.459 e. The fourth-order valence-corrected chi connectivity index (χ4v) is 2.90. The van der Waals surface area contributed by atoms with Gasteiger partial charge in [-0.3, -0.25) is 19.7 Å². The van der Waals surface area contributed by atoms with E-state index in [4.69, 9.17) is 13.9 Å². The van der Waals surface area contributed by atoms with Crippen molar-refractivity contribution in [2.24, 2.45) is 0 Å². The topological polar surface area (TPSA) is 138 Å². The lowest BCUT2D eigenvalue weighted by Gasteiger charge is -2.23. The van der Waals surface area contributed by atoms with Crippen molar-refractivity contribution >= 4 is 34.2 Å². The number of carbonyl (C=O) groups excluding carboxylic acids is 2. The minimum atomic E-state index is -0.704. The first-order chi connectivity index (χ1) is 15.0. The van der Waals surface area contributed by atoms with Gasteiger partial charge in [0.1, 0.15) is 18.5 Å². The second kappa shape index (κ2) is 8.61. The van der Waals surface area contributed by atoms with Crippen LogP contribution in [0.25, 0.3) is 11.0 Å². The van der Waals surface area contributed by atoms with Gasteiger partial charge in [-0.15, -0.1) is 0 Å². The predicted molar refractivity (Wildman–Crippen MR) is 114 cm³/mol. The fourth-order valence-electron chi connectivity index (χ4n) is 2.90. The molecule has 0 aliphatic heterocycles. The molecule has 0 atom stereocenters. The van der Waals surface area contributed by atoms with Crippen molar-refractivity contribution in [3.63, 3.8) is 0 Å². The van der Waals surface area contributed by atoms with E-state index in [-0.39, 0.29) is 41.1 Å². The summed E-state index contributed by atoms with van der Waals surface area (Å²) in [6.07, 6.45) is 1.09. The zero-order valence-corrected chi connectivity index (χ0v) is 18.2. The number of benzene rings is 1. The Labute approximate surface area is 183 Å². The number of nitrogens with zero attached hydrogens (tertiary/aromatic N) is 4. The van der Waals surface area contributed by atoms with Crippen LogP contribution >= 0.6 is 0 Å². The second-order valence-electron chi connectivity index (χ2n) is 7.99. The van der Waals surface area contributed by atoms with E-state index in [0.717, 1.165) is 6.33 Å². The highest BCUT2D eigenvalue weighted by Crippen LogP contribution is 2.38. The molecule has 1 aromatic carbocycles. The molecule has 0 fully saturated rings. The minimum absolute atomic E-state index is 0.123. The molecule has 3 aromatic rings. The number of rotatable bonds is 7. The molecule has 0 amide bonds. The van der Waals surface area contributed by atoms with Crippen LogP contribution in [0.5, 0.6) is 11.6 Å². The first kappa shape index (κ1) is 22.7. The third kappa shape index (κ3) is 4.99. The normalized spacial score (nSPS) is 11.3. The van der Waals surface area contributed by atoms with Crippen LogP contribution in [0.15, 0.2) is 35.0 Å². The Bertz CT molecular complexity index is 1200. The van der Waals surface area contributed by atoms with Crippen molar-refractivity contribution in [3.8, 4) is 11.6 Å². The SMILES string of the molecule is CC(=O)c1cc2cccc(Oc3ncnc(N(C)CC(=O)OC(C)(C)C)c3[N+](=O)[O-])c2o1. The van der Waals surface area contributed by atoms with Gasteiger partial charge in [0.2, 0.25) is 5.82 Å². The predicted octanol–water partition coefficient (Wildman–Crippen LogP) is 3.90. The molecule has 0 radical (unpaired) electrons. The molecule has 0 saturated carbocycles. The number of carbonyl (C=O) groups is 2. The van der Waals surface area contributed by atoms with Gasteiger partial charge in [-0.05, 0) is 32.9 Å². The molecule has 3 rings (SSSR count). The Morgan fingerprint density at radius 1 is 1.25 bits per heavy atom. The molecule has 0 aliphatic rings. The molecule has 0 unspecified atom stereocenters. The van der Waals surface area contributed by atoms with E-state index < -0.39 is 22.2 Å². The van der Waals surface area contributed by atoms with Crippen molar-refractivity contribution in [1.29, 1.82) is 0 Å². The average Bonchev–Trinajstić information content (AvgIpc) is 3.11. The molecule has 0 N–H and O–H groups in total. The highest BCUT2D eigenvalue weighted by Gasteiger charge is 2.30. The number of ketones is 1. The van der Waals surface area contributed by atoms with Crippen LogP contribution in [-0.4, -0.2) is 45.8 Å². The molecule has 0 saturated heterocycles. The quantitative estimate of drug-likeness (QED) is 0.229. The number of aromatic nitrogens is 2. The summed E-state index contributed by atoms with van der Waals surface area (Å²) in [6.45, 7) is 6.24. The number of ether oxygens (including phenoxy) is 2. The number of Topliss-reactive ketones (excluding diaryl/α,β-unsaturated/α-hetero) is 1. The Morgan fingerprint density at radius 2 is 1.97 bits per heavy atom. The van der Waals surface area contributed by atoms with Gasteiger partial charge in [-0.1, -0.05) is 12.1 Å². The maximum Gasteiger partial charge on any atom is 0.373 e. The molecule has 2 aromatic heterocycles. The number of furan rings is 1. The van der Waals surface area contributed by atoms with Gasteiger partial charge in [0.05, 0.1) is 4.92 Å². The molecule has 0 bridgehead atoms. The Morgan fingerprint density at radius 3 is 2.59 bits per heavy atom. The number of anilines is 1. The Kier molecular flexibility index (Phi) is 6.10. The zero-order chi connectivity index (χ0) is 23.6. The van der Waals surface area contributed by atoms with E-state index >= 15 is 0 Å². The number of hydrogen-bond donors (Lipinski definition) is 0. The number of nitro groups is 1. The number of fused-ring (bicyclic) bond motifs is 1. The van der Waals surface area contributed by atoms with Gasteiger partial charge in [0, 0.05) is 19.4 Å². The summed E-state index contributed by atoms with van der Waals surface area (Å²) in [5.74, 6) is -1.05. The van der Waals surface area contributed by atoms with Crippen LogP contribution in [0.4, 0.5) is 11.5 Å². The van der Waals surface area contributed by atoms with Crippen LogP contribution in [0.3, 0.4) is 0 Å². The largest absolute Gasteiger partial charge is 0.459 e. The molecule has 11 heteroatoms. The molecule has 11 nitrogen and oxygen atoms in total. The van der Waals surface area contributed by atoms with Crippen molar-refractivity contribution in [2.45, 2.75) is 33.3 Å². The highest BCUT2D eigenvalue weighted by atomic mass is 16.6. The monoisotopic (exact) mass is 442 g/mol. The van der Waals surface area contributed by atoms with Gasteiger partial charge in [0.25, 0.3) is 0 Å². The maximum absolute atomic E-state index is 12.2. The van der Waals surface area contributed by atoms with Crippen molar-refractivity contribution in [3.05, 3.63) is 46.5 Å². The molecule has 168 valence electrons. The van der Waals surface area contributed by atoms with Crippen molar-refractivity contribution in [2.75, 3.05) is 18.5 Å². The van der Waals surface area contributed by atoms with E-state index in [1.807, 2.05) is 0 Å². The summed E-state index contributed by atoms with van der Waals surface area (Å²) in [5.41, 5.74) is -0.993. The summed E-state index contributed by atoms with van der Waals surface area (Å²) < 4.78 is 16.5. The van der Waals surface area contributed by atoms with E-state index in [0.29, 0.717) is 5.39 Å². The third-order valence-electron chi connectivity index (χ3n) is 4.16. The highest BCUT2D eigenvalue weighted by molar-refractivity contribution is 5.97. The van der Waals surface area contributed by atoms with Crippen molar-refractivity contribution in [1.82, 2.24) is 9.97 Å². The van der Waals surface area contributed by atoms with E-state index in [1.165, 1.54) is 24.9 Å². The summed E-state index contributed by atoms with van der Waals surface area (Å²) in [5, 5.41) is 12.4. The second-order valence-corrected chi connectivity index (χ2v) is 7.99. The van der Waals surface area contributed by atoms with Gasteiger partial charge >= 0.3 is 17.5 Å². The van der Waals surface area contributed by atoms with Crippen LogP contribution < -0.4 is 9.64 Å². The molecular formula is C21H22N4O7. The van der Waals surface area contributed by atoms with Crippen molar-refractivity contribution < 1.29 is 28.4 Å². The standard InChI is InChI=1S/C21H22N4O7/c1-12(26)15-9-13-7-6-8-14(18(13)30-15)31-20-17(25(28)29)19(22-11-23-20)24(5)10-16(27)32-21(2,3)4/h6-9,11H,10H2,1-5H3. The lowest BCUT2D eigenvalue weighted by atomic mass is 10.2. The van der Waals surface area contributed by atoms with Gasteiger partial charge in [-0.2, -0.15) is 4.98 Å². The van der Waals surface area contributed by atoms with Crippen LogP contribution in [0.2, 0.25) is 0 Å².